The van der Waals surface area contributed by atoms with Gasteiger partial charge in [-0.15, -0.1) is 0 Å². The maximum atomic E-state index is 11.0. The first-order chi connectivity index (χ1) is 8.56. The number of rotatable bonds is 7. The lowest BCUT2D eigenvalue weighted by Crippen LogP contribution is -2.06. The number of non-ortho nitro benzene ring substituents is 1. The standard InChI is InChI=1S/C11H13NO5S/c1-2-18-6-5-17-10-4-3-8(12(15)16)7-9(10)11(13)14/h3-4,7H,2,5-6H2,1H3,(H,13,14). The molecule has 98 valence electrons. The molecule has 1 aromatic carbocycles. The van der Waals surface area contributed by atoms with E-state index >= 15 is 0 Å². The van der Waals surface area contributed by atoms with Crippen LogP contribution in [0.15, 0.2) is 18.2 Å². The fourth-order valence-corrected chi connectivity index (χ4v) is 1.77. The average molecular weight is 271 g/mol. The zero-order valence-electron chi connectivity index (χ0n) is 9.79. The van der Waals surface area contributed by atoms with E-state index in [9.17, 15) is 14.9 Å². The van der Waals surface area contributed by atoms with Gasteiger partial charge in [-0.1, -0.05) is 6.92 Å². The maximum Gasteiger partial charge on any atom is 0.339 e. The molecule has 0 spiro atoms. The van der Waals surface area contributed by atoms with Gasteiger partial charge in [-0.05, 0) is 11.8 Å². The highest BCUT2D eigenvalue weighted by Crippen LogP contribution is 2.24. The first-order valence-electron chi connectivity index (χ1n) is 5.28. The van der Waals surface area contributed by atoms with Gasteiger partial charge < -0.3 is 9.84 Å². The van der Waals surface area contributed by atoms with Gasteiger partial charge in [0.25, 0.3) is 5.69 Å². The van der Waals surface area contributed by atoms with Gasteiger partial charge in [0.05, 0.1) is 11.5 Å². The number of ether oxygens (including phenoxy) is 1. The molecule has 0 saturated carbocycles. The molecule has 0 bridgehead atoms. The molecular formula is C11H13NO5S. The largest absolute Gasteiger partial charge is 0.492 e. The minimum absolute atomic E-state index is 0.157. The van der Waals surface area contributed by atoms with Gasteiger partial charge in [0.2, 0.25) is 0 Å². The number of aromatic carboxylic acids is 1. The van der Waals surface area contributed by atoms with Crippen molar-refractivity contribution in [1.82, 2.24) is 0 Å². The van der Waals surface area contributed by atoms with Crippen LogP contribution in [-0.2, 0) is 0 Å². The number of nitrogens with zero attached hydrogens (tertiary/aromatic N) is 1. The summed E-state index contributed by atoms with van der Waals surface area (Å²) in [6.07, 6.45) is 0. The SMILES string of the molecule is CCSCCOc1ccc([N+](=O)[O-])cc1C(=O)O. The number of nitro benzene ring substituents is 1. The minimum atomic E-state index is -1.24. The number of carboxylic acid groups (broad SMARTS) is 1. The summed E-state index contributed by atoms with van der Waals surface area (Å²) in [6.45, 7) is 2.38. The third-order valence-electron chi connectivity index (χ3n) is 2.09. The van der Waals surface area contributed by atoms with Gasteiger partial charge in [0.15, 0.2) is 0 Å². The lowest BCUT2D eigenvalue weighted by molar-refractivity contribution is -0.384. The van der Waals surface area contributed by atoms with Crippen molar-refractivity contribution in [3.63, 3.8) is 0 Å². The highest BCUT2D eigenvalue weighted by Gasteiger charge is 2.16. The molecule has 0 unspecified atom stereocenters. The van der Waals surface area contributed by atoms with Gasteiger partial charge in [0.1, 0.15) is 11.3 Å². The predicted molar refractivity (Wildman–Crippen MR) is 68.5 cm³/mol. The van der Waals surface area contributed by atoms with Crippen molar-refractivity contribution in [1.29, 1.82) is 0 Å². The Labute approximate surface area is 108 Å². The molecule has 0 aliphatic heterocycles. The number of carbonyl (C=O) groups is 1. The van der Waals surface area contributed by atoms with Crippen LogP contribution in [0.4, 0.5) is 5.69 Å². The molecule has 0 fully saturated rings. The van der Waals surface area contributed by atoms with Crippen LogP contribution in [0.2, 0.25) is 0 Å². The topological polar surface area (TPSA) is 89.7 Å². The summed E-state index contributed by atoms with van der Waals surface area (Å²) >= 11 is 1.67. The maximum absolute atomic E-state index is 11.0. The quantitative estimate of drug-likeness (QED) is 0.465. The first kappa shape index (κ1) is 14.3. The Hall–Kier alpha value is -1.76. The van der Waals surface area contributed by atoms with Crippen LogP contribution in [0, 0.1) is 10.1 Å². The van der Waals surface area contributed by atoms with E-state index in [-0.39, 0.29) is 17.0 Å². The molecule has 0 aliphatic rings. The number of thioether (sulfide) groups is 1. The molecule has 0 aliphatic carbocycles. The Balaban J connectivity index is 2.83. The van der Waals surface area contributed by atoms with Crippen molar-refractivity contribution >= 4 is 23.4 Å². The minimum Gasteiger partial charge on any atom is -0.492 e. The normalized spacial score (nSPS) is 10.1. The Bertz CT molecular complexity index is 449. The summed E-state index contributed by atoms with van der Waals surface area (Å²) < 4.78 is 5.31. The molecule has 0 aromatic heterocycles. The lowest BCUT2D eigenvalue weighted by atomic mass is 10.2. The van der Waals surface area contributed by atoms with Gasteiger partial charge in [-0.25, -0.2) is 4.79 Å². The molecule has 6 nitrogen and oxygen atoms in total. The van der Waals surface area contributed by atoms with Crippen molar-refractivity contribution in [3.8, 4) is 5.75 Å². The smallest absolute Gasteiger partial charge is 0.339 e. The molecule has 1 aromatic rings. The second-order valence-corrected chi connectivity index (χ2v) is 4.68. The van der Waals surface area contributed by atoms with Gasteiger partial charge in [-0.2, -0.15) is 11.8 Å². The molecule has 1 rings (SSSR count). The third-order valence-corrected chi connectivity index (χ3v) is 2.96. The summed E-state index contributed by atoms with van der Waals surface area (Å²) in [5, 5.41) is 19.5. The van der Waals surface area contributed by atoms with Crippen LogP contribution in [0.25, 0.3) is 0 Å². The number of hydrogen-bond donors (Lipinski definition) is 1. The van der Waals surface area contributed by atoms with E-state index in [0.717, 1.165) is 17.6 Å². The molecular weight excluding hydrogens is 258 g/mol. The fourth-order valence-electron chi connectivity index (χ4n) is 1.28. The fraction of sp³-hybridized carbons (Fsp3) is 0.364. The van der Waals surface area contributed by atoms with Gasteiger partial charge in [0, 0.05) is 17.9 Å². The zero-order chi connectivity index (χ0) is 13.5. The van der Waals surface area contributed by atoms with Crippen molar-refractivity contribution in [2.45, 2.75) is 6.92 Å². The number of hydrogen-bond acceptors (Lipinski definition) is 5. The molecule has 0 atom stereocenters. The molecule has 1 N–H and O–H groups in total. The highest BCUT2D eigenvalue weighted by atomic mass is 32.2. The predicted octanol–water partition coefficient (Wildman–Crippen LogP) is 2.42. The van der Waals surface area contributed by atoms with Crippen LogP contribution in [-0.4, -0.2) is 34.1 Å². The Morgan fingerprint density at radius 2 is 2.28 bits per heavy atom. The zero-order valence-corrected chi connectivity index (χ0v) is 10.6. The summed E-state index contributed by atoms with van der Waals surface area (Å²) in [5.74, 6) is 0.615. The molecule has 7 heteroatoms. The Morgan fingerprint density at radius 3 is 2.83 bits per heavy atom. The van der Waals surface area contributed by atoms with Crippen LogP contribution in [0.1, 0.15) is 17.3 Å². The monoisotopic (exact) mass is 271 g/mol. The van der Waals surface area contributed by atoms with E-state index in [4.69, 9.17) is 9.84 Å². The van der Waals surface area contributed by atoms with Crippen LogP contribution < -0.4 is 4.74 Å². The van der Waals surface area contributed by atoms with Gasteiger partial charge in [-0.3, -0.25) is 10.1 Å². The van der Waals surface area contributed by atoms with E-state index in [0.29, 0.717) is 6.61 Å². The highest BCUT2D eigenvalue weighted by molar-refractivity contribution is 7.99. The molecule has 0 saturated heterocycles. The Kier molecular flexibility index (Phi) is 5.44. The van der Waals surface area contributed by atoms with Crippen molar-refractivity contribution in [2.24, 2.45) is 0 Å². The number of carboxylic acids is 1. The van der Waals surface area contributed by atoms with Gasteiger partial charge >= 0.3 is 5.97 Å². The second-order valence-electron chi connectivity index (χ2n) is 3.29. The molecule has 0 amide bonds. The number of benzene rings is 1. The first-order valence-corrected chi connectivity index (χ1v) is 6.44. The summed E-state index contributed by atoms with van der Waals surface area (Å²) in [6, 6.07) is 3.55. The van der Waals surface area contributed by atoms with Crippen molar-refractivity contribution < 1.29 is 19.6 Å². The number of nitro groups is 1. The third kappa shape index (κ3) is 3.92. The van der Waals surface area contributed by atoms with E-state index in [1.807, 2.05) is 6.92 Å². The van der Waals surface area contributed by atoms with Crippen LogP contribution in [0.3, 0.4) is 0 Å². The second kappa shape index (κ2) is 6.85. The Morgan fingerprint density at radius 1 is 1.56 bits per heavy atom. The molecule has 18 heavy (non-hydrogen) atoms. The summed E-state index contributed by atoms with van der Waals surface area (Å²) in [5.41, 5.74) is -0.451. The lowest BCUT2D eigenvalue weighted by Gasteiger charge is -2.08. The van der Waals surface area contributed by atoms with E-state index in [1.165, 1.54) is 12.1 Å². The van der Waals surface area contributed by atoms with E-state index < -0.39 is 10.9 Å². The van der Waals surface area contributed by atoms with Crippen LogP contribution in [0.5, 0.6) is 5.75 Å². The molecule has 0 radical (unpaired) electrons. The van der Waals surface area contributed by atoms with E-state index in [1.54, 1.807) is 11.8 Å². The summed E-state index contributed by atoms with van der Waals surface area (Å²) in [7, 11) is 0. The van der Waals surface area contributed by atoms with E-state index in [2.05, 4.69) is 0 Å². The average Bonchev–Trinajstić information content (AvgIpc) is 2.34. The summed E-state index contributed by atoms with van der Waals surface area (Å²) in [4.78, 5) is 20.9. The van der Waals surface area contributed by atoms with Crippen molar-refractivity contribution in [3.05, 3.63) is 33.9 Å². The van der Waals surface area contributed by atoms with Crippen molar-refractivity contribution in [2.75, 3.05) is 18.1 Å². The molecule has 0 heterocycles. The van der Waals surface area contributed by atoms with Crippen LogP contribution >= 0.6 is 11.8 Å².